The zero-order valence-electron chi connectivity index (χ0n) is 10.0. The van der Waals surface area contributed by atoms with Crippen LogP contribution in [-0.4, -0.2) is 47.1 Å². The summed E-state index contributed by atoms with van der Waals surface area (Å²) in [6.45, 7) is 0.806. The first kappa shape index (κ1) is 12.4. The average Bonchev–Trinajstić information content (AvgIpc) is 2.56. The second-order valence-corrected chi connectivity index (χ2v) is 5.03. The minimum atomic E-state index is -0.934. The monoisotopic (exact) mass is 240 g/mol. The Hall–Kier alpha value is -1.10. The van der Waals surface area contributed by atoms with E-state index in [4.69, 9.17) is 5.11 Å². The molecule has 1 saturated heterocycles. The smallest absolute Gasteiger partial charge is 0.327 e. The zero-order valence-corrected chi connectivity index (χ0v) is 10.0. The molecule has 1 aliphatic heterocycles. The maximum atomic E-state index is 11.5. The molecule has 1 amide bonds. The van der Waals surface area contributed by atoms with Gasteiger partial charge in [0, 0.05) is 12.6 Å². The summed E-state index contributed by atoms with van der Waals surface area (Å²) in [6.07, 6.45) is 7.11. The molecule has 2 fully saturated rings. The van der Waals surface area contributed by atoms with Gasteiger partial charge in [0.25, 0.3) is 0 Å². The molecule has 0 aromatic heterocycles. The predicted octanol–water partition coefficient (Wildman–Crippen LogP) is 0.594. The van der Waals surface area contributed by atoms with Gasteiger partial charge in [-0.05, 0) is 12.8 Å². The SMILES string of the molecule is O=C1CN(C2CCCCCC2)CC(C(=O)O)N1. The molecule has 2 aliphatic rings. The molecule has 1 atom stereocenters. The van der Waals surface area contributed by atoms with Crippen molar-refractivity contribution in [2.75, 3.05) is 13.1 Å². The van der Waals surface area contributed by atoms with E-state index < -0.39 is 12.0 Å². The number of nitrogens with zero attached hydrogens (tertiary/aromatic N) is 1. The first-order valence-electron chi connectivity index (χ1n) is 6.43. The van der Waals surface area contributed by atoms with Gasteiger partial charge in [0.05, 0.1) is 6.54 Å². The number of nitrogens with one attached hydrogen (secondary N) is 1. The van der Waals surface area contributed by atoms with Crippen LogP contribution in [0, 0.1) is 0 Å². The summed E-state index contributed by atoms with van der Waals surface area (Å²) in [5.74, 6) is -1.09. The molecule has 1 unspecified atom stereocenters. The standard InChI is InChI=1S/C12H20N2O3/c15-11-8-14(7-10(13-11)12(16)17)9-5-3-1-2-4-6-9/h9-10H,1-8H2,(H,13,15)(H,16,17). The van der Waals surface area contributed by atoms with Crippen LogP contribution < -0.4 is 5.32 Å². The van der Waals surface area contributed by atoms with Gasteiger partial charge in [-0.3, -0.25) is 9.69 Å². The van der Waals surface area contributed by atoms with E-state index in [1.54, 1.807) is 0 Å². The summed E-state index contributed by atoms with van der Waals surface area (Å²) in [7, 11) is 0. The van der Waals surface area contributed by atoms with Crippen LogP contribution >= 0.6 is 0 Å². The molecule has 5 nitrogen and oxygen atoms in total. The van der Waals surface area contributed by atoms with Crippen LogP contribution in [0.25, 0.3) is 0 Å². The van der Waals surface area contributed by atoms with Crippen molar-refractivity contribution >= 4 is 11.9 Å². The topological polar surface area (TPSA) is 69.6 Å². The molecular weight excluding hydrogens is 220 g/mol. The number of rotatable bonds is 2. The van der Waals surface area contributed by atoms with Crippen LogP contribution in [0.2, 0.25) is 0 Å². The average molecular weight is 240 g/mol. The maximum Gasteiger partial charge on any atom is 0.327 e. The number of hydrogen-bond donors (Lipinski definition) is 2. The highest BCUT2D eigenvalue weighted by molar-refractivity contribution is 5.86. The van der Waals surface area contributed by atoms with Gasteiger partial charge >= 0.3 is 5.97 Å². The third-order valence-electron chi connectivity index (χ3n) is 3.74. The van der Waals surface area contributed by atoms with Crippen molar-refractivity contribution in [2.24, 2.45) is 0 Å². The summed E-state index contributed by atoms with van der Waals surface area (Å²) in [4.78, 5) is 24.5. The fourth-order valence-electron chi connectivity index (χ4n) is 2.81. The van der Waals surface area contributed by atoms with Gasteiger partial charge < -0.3 is 10.4 Å². The number of carboxylic acids is 1. The maximum absolute atomic E-state index is 11.5. The van der Waals surface area contributed by atoms with E-state index in [1.165, 1.54) is 25.7 Å². The Morgan fingerprint density at radius 3 is 2.47 bits per heavy atom. The Morgan fingerprint density at radius 2 is 1.88 bits per heavy atom. The van der Waals surface area contributed by atoms with Gasteiger partial charge in [0.1, 0.15) is 6.04 Å². The summed E-state index contributed by atoms with van der Waals surface area (Å²) in [5, 5.41) is 11.5. The Balaban J connectivity index is 1.98. The largest absolute Gasteiger partial charge is 0.480 e. The van der Waals surface area contributed by atoms with E-state index in [0.29, 0.717) is 19.1 Å². The molecule has 1 heterocycles. The van der Waals surface area contributed by atoms with Crippen molar-refractivity contribution in [3.8, 4) is 0 Å². The molecule has 0 aromatic carbocycles. The van der Waals surface area contributed by atoms with Gasteiger partial charge in [0.15, 0.2) is 0 Å². The van der Waals surface area contributed by atoms with Crippen molar-refractivity contribution in [3.63, 3.8) is 0 Å². The van der Waals surface area contributed by atoms with Gasteiger partial charge in [-0.2, -0.15) is 0 Å². The van der Waals surface area contributed by atoms with E-state index >= 15 is 0 Å². The molecule has 1 saturated carbocycles. The van der Waals surface area contributed by atoms with Crippen LogP contribution in [0.15, 0.2) is 0 Å². The Labute approximate surface area is 101 Å². The second-order valence-electron chi connectivity index (χ2n) is 5.03. The molecule has 96 valence electrons. The number of hydrogen-bond acceptors (Lipinski definition) is 3. The van der Waals surface area contributed by atoms with Crippen LogP contribution in [-0.2, 0) is 9.59 Å². The van der Waals surface area contributed by atoms with E-state index in [1.807, 2.05) is 0 Å². The molecule has 2 N–H and O–H groups in total. The first-order chi connectivity index (χ1) is 8.16. The minimum absolute atomic E-state index is 0.159. The minimum Gasteiger partial charge on any atom is -0.480 e. The van der Waals surface area contributed by atoms with Crippen LogP contribution in [0.5, 0.6) is 0 Å². The van der Waals surface area contributed by atoms with E-state index in [0.717, 1.165) is 12.8 Å². The van der Waals surface area contributed by atoms with E-state index in [2.05, 4.69) is 10.2 Å². The fourth-order valence-corrected chi connectivity index (χ4v) is 2.81. The Kier molecular flexibility index (Phi) is 3.99. The molecule has 0 bridgehead atoms. The lowest BCUT2D eigenvalue weighted by atomic mass is 10.0. The first-order valence-corrected chi connectivity index (χ1v) is 6.43. The lowest BCUT2D eigenvalue weighted by Crippen LogP contribution is -2.59. The number of piperazine rings is 1. The highest BCUT2D eigenvalue weighted by Gasteiger charge is 2.33. The number of carboxylic acid groups (broad SMARTS) is 1. The van der Waals surface area contributed by atoms with Crippen LogP contribution in [0.1, 0.15) is 38.5 Å². The molecule has 17 heavy (non-hydrogen) atoms. The second kappa shape index (κ2) is 5.49. The number of carbonyl (C=O) groups excluding carboxylic acids is 1. The van der Waals surface area contributed by atoms with Gasteiger partial charge in [-0.15, -0.1) is 0 Å². The van der Waals surface area contributed by atoms with Gasteiger partial charge in [-0.25, -0.2) is 4.79 Å². The number of amides is 1. The van der Waals surface area contributed by atoms with Crippen LogP contribution in [0.4, 0.5) is 0 Å². The molecule has 0 aromatic rings. The molecular formula is C12H20N2O3. The van der Waals surface area contributed by atoms with Crippen molar-refractivity contribution in [1.82, 2.24) is 10.2 Å². The normalized spacial score (nSPS) is 28.5. The van der Waals surface area contributed by atoms with E-state index in [9.17, 15) is 9.59 Å². The highest BCUT2D eigenvalue weighted by Crippen LogP contribution is 2.22. The van der Waals surface area contributed by atoms with E-state index in [-0.39, 0.29) is 5.91 Å². The number of carbonyl (C=O) groups is 2. The zero-order chi connectivity index (χ0) is 12.3. The highest BCUT2D eigenvalue weighted by atomic mass is 16.4. The predicted molar refractivity (Wildman–Crippen MR) is 62.6 cm³/mol. The van der Waals surface area contributed by atoms with Crippen molar-refractivity contribution < 1.29 is 14.7 Å². The van der Waals surface area contributed by atoms with Gasteiger partial charge in [-0.1, -0.05) is 25.7 Å². The lowest BCUT2D eigenvalue weighted by Gasteiger charge is -2.36. The molecule has 2 rings (SSSR count). The number of aliphatic carboxylic acids is 1. The van der Waals surface area contributed by atoms with Crippen molar-refractivity contribution in [2.45, 2.75) is 50.6 Å². The van der Waals surface area contributed by atoms with Crippen molar-refractivity contribution in [1.29, 1.82) is 0 Å². The van der Waals surface area contributed by atoms with Gasteiger partial charge in [0.2, 0.25) is 5.91 Å². The third-order valence-corrected chi connectivity index (χ3v) is 3.74. The summed E-state index contributed by atoms with van der Waals surface area (Å²) in [6, 6.07) is -0.343. The Morgan fingerprint density at radius 1 is 1.24 bits per heavy atom. The lowest BCUT2D eigenvalue weighted by molar-refractivity contribution is -0.145. The fraction of sp³-hybridized carbons (Fsp3) is 0.833. The summed E-state index contributed by atoms with van der Waals surface area (Å²) in [5.41, 5.74) is 0. The Bertz CT molecular complexity index is 298. The molecule has 1 aliphatic carbocycles. The quantitative estimate of drug-likeness (QED) is 0.693. The molecule has 5 heteroatoms. The summed E-state index contributed by atoms with van der Waals surface area (Å²) >= 11 is 0. The third kappa shape index (κ3) is 3.19. The molecule has 0 spiro atoms. The summed E-state index contributed by atoms with van der Waals surface area (Å²) < 4.78 is 0. The van der Waals surface area contributed by atoms with Crippen molar-refractivity contribution in [3.05, 3.63) is 0 Å². The molecule has 0 radical (unpaired) electrons. The van der Waals surface area contributed by atoms with Crippen LogP contribution in [0.3, 0.4) is 0 Å².